The Bertz CT molecular complexity index is 3070. The zero-order chi connectivity index (χ0) is 47.5. The lowest BCUT2D eigenvalue weighted by Crippen LogP contribution is -2.19. The number of benzene rings is 8. The fraction of sp³-hybridized carbons (Fsp3) is 0.156. The number of nitrogens with zero attached hydrogens (tertiary/aromatic N) is 4. The van der Waals surface area contributed by atoms with Crippen molar-refractivity contribution in [2.45, 2.75) is 68.7 Å². The molecule has 8 aromatic carbocycles. The van der Waals surface area contributed by atoms with Gasteiger partial charge in [0.15, 0.2) is 0 Å². The van der Waals surface area contributed by atoms with E-state index >= 15 is 0 Å². The molecule has 0 N–H and O–H groups in total. The Labute approximate surface area is 405 Å². The van der Waals surface area contributed by atoms with E-state index in [2.05, 4.69) is 282 Å². The topological polar surface area (TPSA) is 13.0 Å². The number of rotatable bonds is 12. The van der Waals surface area contributed by atoms with Crippen LogP contribution in [0, 0.1) is 62.3 Å². The summed E-state index contributed by atoms with van der Waals surface area (Å²) in [5.74, 6) is 0. The molecule has 0 radical (unpaired) electrons. The van der Waals surface area contributed by atoms with Crippen LogP contribution in [0.1, 0.15) is 56.5 Å². The molecular formula is C64H62N4. The molecular weight excluding hydrogens is 825 g/mol. The van der Waals surface area contributed by atoms with Crippen molar-refractivity contribution >= 4 is 62.6 Å². The van der Waals surface area contributed by atoms with Crippen molar-refractivity contribution in [3.8, 4) is 0 Å². The maximum Gasteiger partial charge on any atom is 0.0495 e. The fourth-order valence-corrected chi connectivity index (χ4v) is 9.65. The highest BCUT2D eigenvalue weighted by atomic mass is 15.2. The molecule has 0 bridgehead atoms. The molecule has 0 atom stereocenters. The lowest BCUT2D eigenvalue weighted by atomic mass is 9.98. The first kappa shape index (κ1) is 45.3. The lowest BCUT2D eigenvalue weighted by Gasteiger charge is -2.35. The van der Waals surface area contributed by atoms with Crippen molar-refractivity contribution < 1.29 is 0 Å². The largest absolute Gasteiger partial charge is 0.310 e. The second-order valence-electron chi connectivity index (χ2n) is 18.5. The first-order chi connectivity index (χ1) is 32.9. The van der Waals surface area contributed by atoms with E-state index in [9.17, 15) is 0 Å². The summed E-state index contributed by atoms with van der Waals surface area (Å²) in [7, 11) is 0. The Morgan fingerprint density at radius 3 is 0.985 bits per heavy atom. The van der Waals surface area contributed by atoms with E-state index < -0.39 is 0 Å². The third kappa shape index (κ3) is 9.28. The second-order valence-corrected chi connectivity index (χ2v) is 18.5. The van der Waals surface area contributed by atoms with Gasteiger partial charge in [0.1, 0.15) is 0 Å². The third-order valence-corrected chi connectivity index (χ3v) is 13.0. The quantitative estimate of drug-likeness (QED) is 0.121. The summed E-state index contributed by atoms with van der Waals surface area (Å²) in [5.41, 5.74) is 24.4. The molecule has 1 aliphatic carbocycles. The lowest BCUT2D eigenvalue weighted by molar-refractivity contribution is 1.14. The summed E-state index contributed by atoms with van der Waals surface area (Å²) in [5, 5.41) is 0. The molecule has 0 saturated carbocycles. The summed E-state index contributed by atoms with van der Waals surface area (Å²) in [4.78, 5) is 9.73. The van der Waals surface area contributed by atoms with Gasteiger partial charge in [-0.3, -0.25) is 0 Å². The predicted octanol–water partition coefficient (Wildman–Crippen LogP) is 18.4. The van der Waals surface area contributed by atoms with Gasteiger partial charge >= 0.3 is 0 Å². The minimum Gasteiger partial charge on any atom is -0.310 e. The van der Waals surface area contributed by atoms with E-state index in [1.807, 2.05) is 0 Å². The highest BCUT2D eigenvalue weighted by Crippen LogP contribution is 2.48. The second kappa shape index (κ2) is 19.6. The van der Waals surface area contributed by atoms with Gasteiger partial charge in [-0.1, -0.05) is 91.0 Å². The first-order valence-electron chi connectivity index (χ1n) is 23.8. The van der Waals surface area contributed by atoms with Crippen molar-refractivity contribution in [3.05, 3.63) is 256 Å². The van der Waals surface area contributed by atoms with Gasteiger partial charge in [0.25, 0.3) is 0 Å². The van der Waals surface area contributed by atoms with Crippen LogP contribution in [0.5, 0.6) is 0 Å². The normalized spacial score (nSPS) is 12.1. The van der Waals surface area contributed by atoms with Gasteiger partial charge in [0.2, 0.25) is 0 Å². The number of anilines is 11. The molecule has 1 aliphatic rings. The minimum atomic E-state index is 0.908. The summed E-state index contributed by atoms with van der Waals surface area (Å²) in [6, 6.07) is 62.3. The SMILES string of the molecule is Cc1cccc(N(C2=CC=CCC=C2)c2cc(C)c(N(c3cc(C)c(N(c4ccccc4)c4cccc(C)c4)cc3C)c3cc(C)c(N(c4ccccc4)c4cccc(C)c4)cc3C)cc2C)c1. The molecule has 0 amide bonds. The van der Waals surface area contributed by atoms with Crippen LogP contribution in [0.25, 0.3) is 0 Å². The van der Waals surface area contributed by atoms with Crippen molar-refractivity contribution in [1.29, 1.82) is 0 Å². The van der Waals surface area contributed by atoms with Crippen LogP contribution >= 0.6 is 0 Å². The molecule has 9 rings (SSSR count). The van der Waals surface area contributed by atoms with Crippen LogP contribution in [0.2, 0.25) is 0 Å². The zero-order valence-corrected chi connectivity index (χ0v) is 41.0. The van der Waals surface area contributed by atoms with Crippen LogP contribution in [0.4, 0.5) is 62.6 Å². The van der Waals surface area contributed by atoms with Crippen molar-refractivity contribution in [1.82, 2.24) is 0 Å². The summed E-state index contributed by atoms with van der Waals surface area (Å²) < 4.78 is 0. The van der Waals surface area contributed by atoms with Gasteiger partial charge in [-0.05, 0) is 228 Å². The van der Waals surface area contributed by atoms with E-state index in [1.165, 1.54) is 50.1 Å². The highest BCUT2D eigenvalue weighted by molar-refractivity contribution is 5.90. The van der Waals surface area contributed by atoms with Crippen LogP contribution in [-0.4, -0.2) is 0 Å². The Balaban J connectivity index is 1.26. The minimum absolute atomic E-state index is 0.908. The maximum absolute atomic E-state index is 2.52. The summed E-state index contributed by atoms with van der Waals surface area (Å²) >= 11 is 0. The van der Waals surface area contributed by atoms with Crippen molar-refractivity contribution in [3.63, 3.8) is 0 Å². The average Bonchev–Trinajstić information content (AvgIpc) is 3.61. The van der Waals surface area contributed by atoms with Gasteiger partial charge < -0.3 is 19.6 Å². The van der Waals surface area contributed by atoms with E-state index in [-0.39, 0.29) is 0 Å². The first-order valence-corrected chi connectivity index (χ1v) is 23.8. The molecule has 0 saturated heterocycles. The number of aryl methyl sites for hydroxylation is 9. The molecule has 4 heteroatoms. The van der Waals surface area contributed by atoms with Gasteiger partial charge in [0.05, 0.1) is 0 Å². The summed E-state index contributed by atoms with van der Waals surface area (Å²) in [6.45, 7) is 20.1. The molecule has 0 heterocycles. The molecule has 0 fully saturated rings. The molecule has 8 aromatic rings. The Hall–Kier alpha value is -7.82. The van der Waals surface area contributed by atoms with E-state index in [0.29, 0.717) is 0 Å². The Morgan fingerprint density at radius 1 is 0.294 bits per heavy atom. The monoisotopic (exact) mass is 886 g/mol. The Kier molecular flexibility index (Phi) is 13.0. The van der Waals surface area contributed by atoms with Gasteiger partial charge in [-0.2, -0.15) is 0 Å². The van der Waals surface area contributed by atoms with Crippen molar-refractivity contribution in [2.24, 2.45) is 0 Å². The third-order valence-electron chi connectivity index (χ3n) is 13.0. The van der Waals surface area contributed by atoms with Crippen LogP contribution in [0.3, 0.4) is 0 Å². The Morgan fingerprint density at radius 2 is 0.618 bits per heavy atom. The average molecular weight is 887 g/mol. The molecule has 0 unspecified atom stereocenters. The molecule has 0 aliphatic heterocycles. The predicted molar refractivity (Wildman–Crippen MR) is 293 cm³/mol. The molecule has 0 spiro atoms. The van der Waals surface area contributed by atoms with E-state index in [4.69, 9.17) is 0 Å². The number of hydrogen-bond donors (Lipinski definition) is 0. The van der Waals surface area contributed by atoms with Gasteiger partial charge in [-0.15, -0.1) is 0 Å². The van der Waals surface area contributed by atoms with Gasteiger partial charge in [-0.25, -0.2) is 0 Å². The van der Waals surface area contributed by atoms with Gasteiger partial charge in [0, 0.05) is 68.3 Å². The number of allylic oxidation sites excluding steroid dienone is 5. The maximum atomic E-state index is 2.52. The number of para-hydroxylation sites is 2. The number of hydrogen-bond acceptors (Lipinski definition) is 4. The smallest absolute Gasteiger partial charge is 0.0495 e. The van der Waals surface area contributed by atoms with Crippen LogP contribution in [0.15, 0.2) is 206 Å². The zero-order valence-electron chi connectivity index (χ0n) is 41.0. The van der Waals surface area contributed by atoms with E-state index in [0.717, 1.165) is 74.7 Å². The van der Waals surface area contributed by atoms with E-state index in [1.54, 1.807) is 0 Å². The molecule has 0 aromatic heterocycles. The standard InChI is InChI=1S/C64H62N4/c1-44-23-20-32-56(35-44)65(53-26-14-10-11-15-27-53)59-38-50(7)62(41-47(59)4)68(63-42-48(5)60(39-51(63)8)66(54-28-16-12-17-29-54)57-33-21-24-45(2)36-57)64-43-49(6)61(40-52(64)9)67(55-30-18-13-19-31-55)58-34-22-25-46(3)37-58/h10,12-43H,11H2,1-9H3. The molecule has 338 valence electrons. The molecule has 68 heavy (non-hydrogen) atoms. The van der Waals surface area contributed by atoms with Crippen LogP contribution < -0.4 is 19.6 Å². The highest BCUT2D eigenvalue weighted by Gasteiger charge is 2.26. The van der Waals surface area contributed by atoms with Crippen LogP contribution in [-0.2, 0) is 0 Å². The fourth-order valence-electron chi connectivity index (χ4n) is 9.65. The summed E-state index contributed by atoms with van der Waals surface area (Å²) in [6.07, 6.45) is 12.0. The molecule has 4 nitrogen and oxygen atoms in total. The van der Waals surface area contributed by atoms with Crippen molar-refractivity contribution in [2.75, 3.05) is 19.6 Å².